The minimum atomic E-state index is -0.319. The zero-order valence-corrected chi connectivity index (χ0v) is 15.9. The minimum absolute atomic E-state index is 0.144. The van der Waals surface area contributed by atoms with Crippen LogP contribution in [0.1, 0.15) is 22.1 Å². The highest BCUT2D eigenvalue weighted by atomic mass is 32.1. The van der Waals surface area contributed by atoms with E-state index in [0.717, 1.165) is 38.2 Å². The summed E-state index contributed by atoms with van der Waals surface area (Å²) in [7, 11) is 0. The molecular formula is C22H15NO2S2. The Hall–Kier alpha value is -2.76. The van der Waals surface area contributed by atoms with Crippen LogP contribution in [-0.2, 0) is 11.2 Å². The molecule has 0 unspecified atom stereocenters. The van der Waals surface area contributed by atoms with E-state index in [1.807, 2.05) is 65.4 Å². The molecule has 0 amide bonds. The van der Waals surface area contributed by atoms with Crippen molar-refractivity contribution in [3.8, 4) is 22.1 Å². The summed E-state index contributed by atoms with van der Waals surface area (Å²) in [6.07, 6.45) is 0.323. The van der Waals surface area contributed by atoms with Gasteiger partial charge in [0.15, 0.2) is 5.78 Å². The fraction of sp³-hybridized carbons (Fsp3) is 0.0909. The number of thiazole rings is 1. The first kappa shape index (κ1) is 16.4. The molecule has 2 aromatic carbocycles. The molecule has 0 bridgehead atoms. The summed E-state index contributed by atoms with van der Waals surface area (Å²) in [5.74, 6) is 1.34. The van der Waals surface area contributed by atoms with Gasteiger partial charge >= 0.3 is 0 Å². The average Bonchev–Trinajstić information content (AvgIpc) is 3.37. The Morgan fingerprint density at radius 2 is 1.63 bits per heavy atom. The van der Waals surface area contributed by atoms with Gasteiger partial charge in [-0.05, 0) is 23.6 Å². The van der Waals surface area contributed by atoms with Gasteiger partial charge in [0.1, 0.15) is 16.5 Å². The van der Waals surface area contributed by atoms with Crippen molar-refractivity contribution in [3.63, 3.8) is 0 Å². The monoisotopic (exact) mass is 389 g/mol. The topological polar surface area (TPSA) is 39.2 Å². The summed E-state index contributed by atoms with van der Waals surface area (Å²) in [5.41, 5.74) is 2.80. The van der Waals surface area contributed by atoms with Gasteiger partial charge in [-0.2, -0.15) is 0 Å². The Bertz CT molecular complexity index is 1070. The lowest BCUT2D eigenvalue weighted by molar-refractivity contribution is -0.119. The van der Waals surface area contributed by atoms with Gasteiger partial charge in [0, 0.05) is 16.5 Å². The van der Waals surface area contributed by atoms with Crippen molar-refractivity contribution in [2.45, 2.75) is 12.3 Å². The van der Waals surface area contributed by atoms with E-state index in [4.69, 9.17) is 4.74 Å². The molecule has 0 radical (unpaired) electrons. The number of aromatic nitrogens is 1. The molecule has 3 nitrogen and oxygen atoms in total. The number of nitrogens with zero attached hydrogens (tertiary/aromatic N) is 1. The molecule has 0 saturated carbocycles. The molecule has 4 aromatic rings. The highest BCUT2D eigenvalue weighted by molar-refractivity contribution is 7.14. The summed E-state index contributed by atoms with van der Waals surface area (Å²) < 4.78 is 6.00. The first-order valence-electron chi connectivity index (χ1n) is 8.66. The van der Waals surface area contributed by atoms with Crippen LogP contribution in [0.2, 0.25) is 0 Å². The molecule has 0 N–H and O–H groups in total. The Balaban J connectivity index is 1.48. The van der Waals surface area contributed by atoms with Crippen LogP contribution in [0.25, 0.3) is 10.6 Å². The number of thiophene rings is 1. The Morgan fingerprint density at radius 1 is 0.926 bits per heavy atom. The molecule has 1 aliphatic rings. The fourth-order valence-corrected chi connectivity index (χ4v) is 5.00. The van der Waals surface area contributed by atoms with Gasteiger partial charge in [0.05, 0.1) is 22.9 Å². The Morgan fingerprint density at radius 3 is 2.30 bits per heavy atom. The molecule has 5 rings (SSSR count). The van der Waals surface area contributed by atoms with Crippen molar-refractivity contribution >= 4 is 28.5 Å². The zero-order valence-electron chi connectivity index (χ0n) is 14.3. The molecule has 27 heavy (non-hydrogen) atoms. The fourth-order valence-electron chi connectivity index (χ4n) is 3.44. The van der Waals surface area contributed by atoms with Gasteiger partial charge in [-0.25, -0.2) is 4.98 Å². The van der Waals surface area contributed by atoms with E-state index in [-0.39, 0.29) is 11.7 Å². The van der Waals surface area contributed by atoms with E-state index in [9.17, 15) is 4.79 Å². The summed E-state index contributed by atoms with van der Waals surface area (Å²) in [5, 5.41) is 4.92. The van der Waals surface area contributed by atoms with E-state index in [1.165, 1.54) is 0 Å². The highest BCUT2D eigenvalue weighted by Gasteiger charge is 2.32. The number of para-hydroxylation sites is 2. The number of carbonyl (C=O) groups is 1. The summed E-state index contributed by atoms with van der Waals surface area (Å²) in [6, 6.07) is 19.6. The van der Waals surface area contributed by atoms with Gasteiger partial charge in [-0.15, -0.1) is 22.7 Å². The number of carbonyl (C=O) groups excluding carboxylic acids is 1. The normalized spacial score (nSPS) is 12.9. The second-order valence-corrected chi connectivity index (χ2v) is 8.25. The molecule has 0 aliphatic carbocycles. The highest BCUT2D eigenvalue weighted by Crippen LogP contribution is 2.44. The molecular weight excluding hydrogens is 374 g/mol. The number of benzene rings is 2. The van der Waals surface area contributed by atoms with Crippen LogP contribution in [0.5, 0.6) is 11.5 Å². The Kier molecular flexibility index (Phi) is 4.11. The quantitative estimate of drug-likeness (QED) is 0.435. The lowest BCUT2D eigenvalue weighted by Crippen LogP contribution is -2.20. The lowest BCUT2D eigenvalue weighted by atomic mass is 9.84. The van der Waals surface area contributed by atoms with Crippen molar-refractivity contribution in [1.82, 2.24) is 4.98 Å². The van der Waals surface area contributed by atoms with E-state index in [1.54, 1.807) is 22.7 Å². The van der Waals surface area contributed by atoms with Gasteiger partial charge in [0.25, 0.3) is 0 Å². The number of rotatable bonds is 4. The number of ketones is 1. The second kappa shape index (κ2) is 6.76. The second-order valence-electron chi connectivity index (χ2n) is 6.36. The molecule has 1 aliphatic heterocycles. The number of Topliss-reactive ketones (excluding diaryl/α,β-unsaturated/α-hetero) is 1. The number of fused-ring (bicyclic) bond motifs is 2. The Labute approximate surface area is 164 Å². The lowest BCUT2D eigenvalue weighted by Gasteiger charge is -2.27. The van der Waals surface area contributed by atoms with Crippen molar-refractivity contribution in [1.29, 1.82) is 0 Å². The molecule has 5 heteroatoms. The van der Waals surface area contributed by atoms with Crippen LogP contribution < -0.4 is 4.74 Å². The third-order valence-corrected chi connectivity index (χ3v) is 6.39. The minimum Gasteiger partial charge on any atom is -0.457 e. The predicted octanol–water partition coefficient (Wildman–Crippen LogP) is 5.92. The third-order valence-electron chi connectivity index (χ3n) is 4.65. The molecule has 132 valence electrons. The van der Waals surface area contributed by atoms with Gasteiger partial charge < -0.3 is 4.74 Å². The smallest absolute Gasteiger partial charge is 0.151 e. The van der Waals surface area contributed by atoms with E-state index in [0.29, 0.717) is 6.42 Å². The van der Waals surface area contributed by atoms with Gasteiger partial charge in [-0.3, -0.25) is 4.79 Å². The predicted molar refractivity (Wildman–Crippen MR) is 109 cm³/mol. The van der Waals surface area contributed by atoms with Crippen LogP contribution in [0, 0.1) is 0 Å². The van der Waals surface area contributed by atoms with Crippen molar-refractivity contribution in [2.24, 2.45) is 0 Å². The number of hydrogen-bond acceptors (Lipinski definition) is 5. The van der Waals surface area contributed by atoms with E-state index >= 15 is 0 Å². The summed E-state index contributed by atoms with van der Waals surface area (Å²) in [6.45, 7) is 0. The third kappa shape index (κ3) is 2.99. The molecule has 0 spiro atoms. The first-order chi connectivity index (χ1) is 13.3. The van der Waals surface area contributed by atoms with Crippen LogP contribution in [0.15, 0.2) is 71.4 Å². The van der Waals surface area contributed by atoms with E-state index in [2.05, 4.69) is 11.1 Å². The summed E-state index contributed by atoms with van der Waals surface area (Å²) in [4.78, 5) is 19.1. The number of ether oxygens (including phenoxy) is 1. The van der Waals surface area contributed by atoms with Gasteiger partial charge in [-0.1, -0.05) is 42.5 Å². The van der Waals surface area contributed by atoms with Crippen LogP contribution in [-0.4, -0.2) is 10.8 Å². The largest absolute Gasteiger partial charge is 0.457 e. The maximum Gasteiger partial charge on any atom is 0.151 e. The summed E-state index contributed by atoms with van der Waals surface area (Å²) >= 11 is 3.21. The van der Waals surface area contributed by atoms with E-state index < -0.39 is 0 Å². The van der Waals surface area contributed by atoms with Gasteiger partial charge in [0.2, 0.25) is 0 Å². The average molecular weight is 390 g/mol. The van der Waals surface area contributed by atoms with Crippen LogP contribution in [0.4, 0.5) is 0 Å². The SMILES string of the molecule is O=C(Cc1nc(-c2cccs2)cs1)C1c2ccccc2Oc2ccccc21. The molecule has 0 atom stereocenters. The van der Waals surface area contributed by atoms with Crippen molar-refractivity contribution in [3.05, 3.63) is 87.6 Å². The van der Waals surface area contributed by atoms with Crippen LogP contribution in [0.3, 0.4) is 0 Å². The zero-order chi connectivity index (χ0) is 18.2. The number of hydrogen-bond donors (Lipinski definition) is 0. The molecule has 2 aromatic heterocycles. The van der Waals surface area contributed by atoms with Crippen LogP contribution >= 0.6 is 22.7 Å². The molecule has 3 heterocycles. The van der Waals surface area contributed by atoms with Crippen molar-refractivity contribution in [2.75, 3.05) is 0 Å². The molecule has 0 fully saturated rings. The first-order valence-corrected chi connectivity index (χ1v) is 10.4. The standard InChI is InChI=1S/C22H15NO2S2/c24-17(12-21-23-16(13-27-21)20-10-5-11-26-20)22-14-6-1-3-8-18(14)25-19-9-4-2-7-15(19)22/h1-11,13,22H,12H2. The maximum absolute atomic E-state index is 13.3. The van der Waals surface area contributed by atoms with Crippen molar-refractivity contribution < 1.29 is 9.53 Å². The maximum atomic E-state index is 13.3. The molecule has 0 saturated heterocycles.